The van der Waals surface area contributed by atoms with Crippen LogP contribution >= 0.6 is 45.7 Å². The summed E-state index contributed by atoms with van der Waals surface area (Å²) in [6.07, 6.45) is 8.19. The third kappa shape index (κ3) is 4.42. The Morgan fingerprint density at radius 1 is 1.37 bits per heavy atom. The van der Waals surface area contributed by atoms with Gasteiger partial charge in [0, 0.05) is 5.75 Å². The van der Waals surface area contributed by atoms with Crippen molar-refractivity contribution < 1.29 is 0 Å². The van der Waals surface area contributed by atoms with Crippen molar-refractivity contribution in [2.75, 3.05) is 5.75 Å². The molecule has 2 aromatic heterocycles. The second kappa shape index (κ2) is 7.58. The molecule has 2 heterocycles. The molecule has 0 bridgehead atoms. The van der Waals surface area contributed by atoms with E-state index in [0.717, 1.165) is 10.1 Å². The molecule has 0 fully saturated rings. The maximum Gasteiger partial charge on any atom is 0.287 e. The number of rotatable bonds is 7. The number of hydrogen-bond acceptors (Lipinski definition) is 5. The lowest BCUT2D eigenvalue weighted by Gasteiger charge is -1.97. The highest BCUT2D eigenvalue weighted by Crippen LogP contribution is 2.24. The van der Waals surface area contributed by atoms with E-state index in [4.69, 9.17) is 0 Å². The highest BCUT2D eigenvalue weighted by atomic mass is 127. The highest BCUT2D eigenvalue weighted by molar-refractivity contribution is 14.1. The van der Waals surface area contributed by atoms with E-state index in [0.29, 0.717) is 8.53 Å². The molecule has 2 aromatic rings. The second-order valence-corrected chi connectivity index (χ2v) is 7.71. The maximum atomic E-state index is 11.4. The summed E-state index contributed by atoms with van der Waals surface area (Å²) in [4.78, 5) is 16.1. The molecule has 7 heteroatoms. The average molecular weight is 409 g/mol. The van der Waals surface area contributed by atoms with Crippen molar-refractivity contribution in [2.24, 2.45) is 0 Å². The van der Waals surface area contributed by atoms with Crippen molar-refractivity contribution in [3.05, 3.63) is 20.1 Å². The summed E-state index contributed by atoms with van der Waals surface area (Å²) in [5.41, 5.74) is -0.166. The van der Waals surface area contributed by atoms with Gasteiger partial charge in [-0.1, -0.05) is 55.7 Å². The number of unbranched alkanes of at least 4 members (excludes halogenated alkanes) is 4. The fourth-order valence-corrected chi connectivity index (χ4v) is 4.02. The zero-order valence-electron chi connectivity index (χ0n) is 10.8. The monoisotopic (exact) mass is 409 g/mol. The molecular weight excluding hydrogens is 393 g/mol. The standard InChI is InChI=1S/C12H16IN3OS2/c1-2-3-4-5-6-7-18-12-15-16-8-9(13)10(17)14-11(16)19-12/h8H,2-7H2,1H3. The fourth-order valence-electron chi connectivity index (χ4n) is 1.66. The van der Waals surface area contributed by atoms with Gasteiger partial charge in [-0.05, 0) is 29.0 Å². The molecule has 0 unspecified atom stereocenters. The molecule has 0 aromatic carbocycles. The Kier molecular flexibility index (Phi) is 6.08. The van der Waals surface area contributed by atoms with E-state index in [1.165, 1.54) is 43.4 Å². The van der Waals surface area contributed by atoms with Crippen molar-refractivity contribution >= 4 is 50.7 Å². The summed E-state index contributed by atoms with van der Waals surface area (Å²) in [6, 6.07) is 0. The predicted octanol–water partition coefficient (Wildman–Crippen LogP) is 3.82. The zero-order valence-corrected chi connectivity index (χ0v) is 14.6. The highest BCUT2D eigenvalue weighted by Gasteiger charge is 2.07. The van der Waals surface area contributed by atoms with Crippen LogP contribution in [0, 0.1) is 3.57 Å². The molecular formula is C12H16IN3OS2. The summed E-state index contributed by atoms with van der Waals surface area (Å²) >= 11 is 5.24. The van der Waals surface area contributed by atoms with Gasteiger partial charge in [0.1, 0.15) is 0 Å². The van der Waals surface area contributed by atoms with E-state index in [9.17, 15) is 4.79 Å². The van der Waals surface area contributed by atoms with Crippen LogP contribution in [0.1, 0.15) is 39.0 Å². The molecule has 0 saturated carbocycles. The Morgan fingerprint density at radius 3 is 2.95 bits per heavy atom. The van der Waals surface area contributed by atoms with Crippen LogP contribution < -0.4 is 5.56 Å². The lowest BCUT2D eigenvalue weighted by atomic mass is 10.2. The number of thioether (sulfide) groups is 1. The van der Waals surface area contributed by atoms with Crippen molar-refractivity contribution in [3.63, 3.8) is 0 Å². The normalized spacial score (nSPS) is 11.3. The number of hydrogen-bond donors (Lipinski definition) is 0. The van der Waals surface area contributed by atoms with Crippen LogP contribution in [0.3, 0.4) is 0 Å². The molecule has 0 atom stereocenters. The molecule has 0 spiro atoms. The first-order chi connectivity index (χ1) is 9.20. The van der Waals surface area contributed by atoms with Gasteiger partial charge in [-0.3, -0.25) is 4.79 Å². The summed E-state index contributed by atoms with van der Waals surface area (Å²) in [7, 11) is 0. The summed E-state index contributed by atoms with van der Waals surface area (Å²) < 4.78 is 3.30. The van der Waals surface area contributed by atoms with Crippen LogP contribution in [-0.4, -0.2) is 20.4 Å². The fraction of sp³-hybridized carbons (Fsp3) is 0.583. The van der Waals surface area contributed by atoms with Gasteiger partial charge in [0.15, 0.2) is 4.34 Å². The number of halogens is 1. The quantitative estimate of drug-likeness (QED) is 0.396. The van der Waals surface area contributed by atoms with E-state index in [-0.39, 0.29) is 5.56 Å². The molecule has 0 aliphatic carbocycles. The van der Waals surface area contributed by atoms with Gasteiger partial charge in [0.25, 0.3) is 5.56 Å². The predicted molar refractivity (Wildman–Crippen MR) is 89.3 cm³/mol. The molecule has 0 aliphatic heterocycles. The van der Waals surface area contributed by atoms with Crippen LogP contribution in [0.4, 0.5) is 0 Å². The summed E-state index contributed by atoms with van der Waals surface area (Å²) in [5.74, 6) is 1.09. The molecule has 0 saturated heterocycles. The molecule has 0 amide bonds. The Balaban J connectivity index is 1.89. The second-order valence-electron chi connectivity index (χ2n) is 4.25. The largest absolute Gasteiger partial charge is 0.287 e. The molecule has 104 valence electrons. The Morgan fingerprint density at radius 2 is 2.16 bits per heavy atom. The lowest BCUT2D eigenvalue weighted by Crippen LogP contribution is -2.11. The SMILES string of the molecule is CCCCCCCSc1nn2cc(I)c(=O)nc2s1. The van der Waals surface area contributed by atoms with Gasteiger partial charge in [-0.2, -0.15) is 4.98 Å². The van der Waals surface area contributed by atoms with Gasteiger partial charge in [0.05, 0.1) is 9.77 Å². The third-order valence-corrected chi connectivity index (χ3v) is 5.56. The third-order valence-electron chi connectivity index (χ3n) is 2.67. The Bertz CT molecular complexity index is 596. The minimum absolute atomic E-state index is 0.166. The first kappa shape index (κ1) is 15.2. The Labute approximate surface area is 134 Å². The smallest absolute Gasteiger partial charge is 0.266 e. The van der Waals surface area contributed by atoms with E-state index in [1.54, 1.807) is 22.5 Å². The minimum atomic E-state index is -0.166. The van der Waals surface area contributed by atoms with Crippen molar-refractivity contribution in [1.29, 1.82) is 0 Å². The van der Waals surface area contributed by atoms with Crippen LogP contribution in [0.5, 0.6) is 0 Å². The Hall–Kier alpha value is -0.150. The van der Waals surface area contributed by atoms with Gasteiger partial charge in [-0.15, -0.1) is 5.10 Å². The van der Waals surface area contributed by atoms with Gasteiger partial charge in [-0.25, -0.2) is 4.52 Å². The molecule has 2 rings (SSSR count). The van der Waals surface area contributed by atoms with E-state index < -0.39 is 0 Å². The van der Waals surface area contributed by atoms with Crippen LogP contribution in [0.2, 0.25) is 0 Å². The lowest BCUT2D eigenvalue weighted by molar-refractivity contribution is 0.659. The van der Waals surface area contributed by atoms with Crippen LogP contribution in [0.15, 0.2) is 15.3 Å². The van der Waals surface area contributed by atoms with Crippen LogP contribution in [-0.2, 0) is 0 Å². The first-order valence-electron chi connectivity index (χ1n) is 6.39. The van der Waals surface area contributed by atoms with Gasteiger partial charge in [0.2, 0.25) is 4.96 Å². The topological polar surface area (TPSA) is 47.3 Å². The maximum absolute atomic E-state index is 11.4. The molecule has 0 N–H and O–H groups in total. The van der Waals surface area contributed by atoms with Crippen molar-refractivity contribution in [1.82, 2.24) is 14.6 Å². The molecule has 4 nitrogen and oxygen atoms in total. The molecule has 0 aliphatic rings. The minimum Gasteiger partial charge on any atom is -0.266 e. The van der Waals surface area contributed by atoms with Crippen molar-refractivity contribution in [2.45, 2.75) is 43.4 Å². The summed E-state index contributed by atoms with van der Waals surface area (Å²) in [6.45, 7) is 2.23. The number of nitrogens with zero attached hydrogens (tertiary/aromatic N) is 3. The van der Waals surface area contributed by atoms with E-state index in [1.807, 2.05) is 22.6 Å². The molecule has 19 heavy (non-hydrogen) atoms. The first-order valence-corrected chi connectivity index (χ1v) is 9.27. The average Bonchev–Trinajstić information content (AvgIpc) is 2.76. The summed E-state index contributed by atoms with van der Waals surface area (Å²) in [5, 5.41) is 4.44. The van der Waals surface area contributed by atoms with Gasteiger partial charge < -0.3 is 0 Å². The van der Waals surface area contributed by atoms with E-state index >= 15 is 0 Å². The number of aromatic nitrogens is 3. The van der Waals surface area contributed by atoms with Crippen molar-refractivity contribution in [3.8, 4) is 0 Å². The molecule has 0 radical (unpaired) electrons. The van der Waals surface area contributed by atoms with Crippen LogP contribution in [0.25, 0.3) is 4.96 Å². The van der Waals surface area contributed by atoms with Gasteiger partial charge >= 0.3 is 0 Å². The number of fused-ring (bicyclic) bond motifs is 1. The zero-order chi connectivity index (χ0) is 13.7. The van der Waals surface area contributed by atoms with E-state index in [2.05, 4.69) is 17.0 Å².